The molecule has 1 aliphatic heterocycles. The van der Waals surface area contributed by atoms with Crippen molar-refractivity contribution in [1.29, 1.82) is 0 Å². The molecule has 0 saturated carbocycles. The lowest BCUT2D eigenvalue weighted by Crippen LogP contribution is -2.53. The number of carbonyl (C=O) groups excluding carboxylic acids is 2. The fourth-order valence-electron chi connectivity index (χ4n) is 4.76. The van der Waals surface area contributed by atoms with E-state index in [1.807, 2.05) is 4.90 Å². The molecule has 1 fully saturated rings. The first kappa shape index (κ1) is 30.6. The monoisotopic (exact) mass is 480 g/mol. The van der Waals surface area contributed by atoms with Crippen molar-refractivity contribution in [3.05, 3.63) is 12.7 Å². The number of amides is 2. The summed E-state index contributed by atoms with van der Waals surface area (Å²) in [5.74, 6) is 0.471. The predicted octanol–water partition coefficient (Wildman–Crippen LogP) is 5.42. The Kier molecular flexibility index (Phi) is 17.9. The number of rotatable bonds is 23. The number of nitrogens with zero attached hydrogens (tertiary/aromatic N) is 2. The van der Waals surface area contributed by atoms with Crippen LogP contribution in [0, 0.1) is 0 Å². The molecule has 6 nitrogen and oxygen atoms in total. The van der Waals surface area contributed by atoms with Crippen LogP contribution in [0.1, 0.15) is 103 Å². The molecule has 0 aromatic rings. The molecule has 0 spiro atoms. The minimum atomic E-state index is 0.186. The number of quaternary nitrogens is 1. The molecule has 198 valence electrons. The second kappa shape index (κ2) is 19.9. The summed E-state index contributed by atoms with van der Waals surface area (Å²) in [6, 6.07) is 0. The first-order valence-corrected chi connectivity index (χ1v) is 14.1. The van der Waals surface area contributed by atoms with Gasteiger partial charge in [0.2, 0.25) is 11.8 Å². The van der Waals surface area contributed by atoms with Gasteiger partial charge in [0.25, 0.3) is 0 Å². The van der Waals surface area contributed by atoms with Gasteiger partial charge in [0.15, 0.2) is 6.67 Å². The number of hydrogen-bond donors (Lipinski definition) is 1. The molecule has 0 aromatic heterocycles. The lowest BCUT2D eigenvalue weighted by atomic mass is 10.1. The highest BCUT2D eigenvalue weighted by atomic mass is 16.5. The van der Waals surface area contributed by atoms with Crippen molar-refractivity contribution in [2.75, 3.05) is 53.1 Å². The Morgan fingerprint density at radius 1 is 1.03 bits per heavy atom. The van der Waals surface area contributed by atoms with Crippen LogP contribution in [0.4, 0.5) is 0 Å². The van der Waals surface area contributed by atoms with Crippen molar-refractivity contribution < 1.29 is 18.8 Å². The van der Waals surface area contributed by atoms with E-state index >= 15 is 0 Å². The molecule has 0 radical (unpaired) electrons. The predicted molar refractivity (Wildman–Crippen MR) is 141 cm³/mol. The third-order valence-electron chi connectivity index (χ3n) is 6.86. The molecule has 1 heterocycles. The number of unbranched alkanes of at least 4 members (excludes halogenated alkanes) is 9. The van der Waals surface area contributed by atoms with Crippen LogP contribution in [0.25, 0.3) is 0 Å². The molecule has 1 aliphatic rings. The zero-order valence-electron chi connectivity index (χ0n) is 22.5. The Balaban J connectivity index is 2.21. The fourth-order valence-corrected chi connectivity index (χ4v) is 4.76. The quantitative estimate of drug-likeness (QED) is 0.121. The molecule has 0 aliphatic carbocycles. The summed E-state index contributed by atoms with van der Waals surface area (Å²) in [6.45, 7) is 11.7. The standard InChI is InChI=1S/C28H53N3O3/c1-4-6-7-8-9-10-11-12-13-18-27(32)29-20-17-23-31(3,22-14-15-25-34-24-5-2)26-30-21-16-19-28(30)33/h5H,2,4,6-26H2,1,3H3/p+1. The maximum atomic E-state index is 12.2. The second-order valence-corrected chi connectivity index (χ2v) is 10.3. The average Bonchev–Trinajstić information content (AvgIpc) is 3.22. The Morgan fingerprint density at radius 2 is 1.71 bits per heavy atom. The summed E-state index contributed by atoms with van der Waals surface area (Å²) in [4.78, 5) is 26.4. The van der Waals surface area contributed by atoms with E-state index in [-0.39, 0.29) is 11.8 Å². The lowest BCUT2D eigenvalue weighted by molar-refractivity contribution is -0.918. The summed E-state index contributed by atoms with van der Waals surface area (Å²) in [5, 5.41) is 3.11. The average molecular weight is 481 g/mol. The van der Waals surface area contributed by atoms with Crippen molar-refractivity contribution >= 4 is 11.8 Å². The molecule has 2 amide bonds. The zero-order valence-corrected chi connectivity index (χ0v) is 22.5. The van der Waals surface area contributed by atoms with Gasteiger partial charge in [0, 0.05) is 39.0 Å². The zero-order chi connectivity index (χ0) is 24.9. The van der Waals surface area contributed by atoms with Crippen molar-refractivity contribution in [1.82, 2.24) is 10.2 Å². The van der Waals surface area contributed by atoms with Crippen LogP contribution in [0.3, 0.4) is 0 Å². The van der Waals surface area contributed by atoms with Gasteiger partial charge in [-0.2, -0.15) is 0 Å². The summed E-state index contributed by atoms with van der Waals surface area (Å²) in [7, 11) is 2.25. The molecule has 0 aromatic carbocycles. The molecule has 1 atom stereocenters. The molecule has 1 N–H and O–H groups in total. The largest absolute Gasteiger partial charge is 0.377 e. The van der Waals surface area contributed by atoms with Gasteiger partial charge in [-0.25, -0.2) is 0 Å². The van der Waals surface area contributed by atoms with Gasteiger partial charge in [0.1, 0.15) is 0 Å². The molecular formula is C28H54N3O3+. The van der Waals surface area contributed by atoms with Crippen molar-refractivity contribution in [3.8, 4) is 0 Å². The molecule has 1 rings (SSSR count). The van der Waals surface area contributed by atoms with E-state index in [4.69, 9.17) is 4.74 Å². The van der Waals surface area contributed by atoms with Crippen molar-refractivity contribution in [2.24, 2.45) is 0 Å². The molecule has 1 saturated heterocycles. The third-order valence-corrected chi connectivity index (χ3v) is 6.86. The summed E-state index contributed by atoms with van der Waals surface area (Å²) < 4.78 is 6.36. The highest BCUT2D eigenvalue weighted by molar-refractivity contribution is 5.77. The van der Waals surface area contributed by atoms with E-state index in [2.05, 4.69) is 25.9 Å². The van der Waals surface area contributed by atoms with Crippen molar-refractivity contribution in [2.45, 2.75) is 103 Å². The van der Waals surface area contributed by atoms with Gasteiger partial charge in [-0.05, 0) is 25.7 Å². The first-order valence-electron chi connectivity index (χ1n) is 14.1. The first-order chi connectivity index (χ1) is 16.5. The van der Waals surface area contributed by atoms with Crippen LogP contribution < -0.4 is 5.32 Å². The Labute approximate surface area is 210 Å². The van der Waals surface area contributed by atoms with Gasteiger partial charge >= 0.3 is 0 Å². The topological polar surface area (TPSA) is 58.6 Å². The van der Waals surface area contributed by atoms with Crippen molar-refractivity contribution in [3.63, 3.8) is 0 Å². The van der Waals surface area contributed by atoms with E-state index < -0.39 is 0 Å². The molecular weight excluding hydrogens is 426 g/mol. The molecule has 34 heavy (non-hydrogen) atoms. The number of ether oxygens (including phenoxy) is 1. The third kappa shape index (κ3) is 15.5. The highest BCUT2D eigenvalue weighted by Gasteiger charge is 2.29. The second-order valence-electron chi connectivity index (χ2n) is 10.3. The van der Waals surface area contributed by atoms with Crippen LogP contribution in [0.5, 0.6) is 0 Å². The van der Waals surface area contributed by atoms with Crippen LogP contribution in [-0.2, 0) is 14.3 Å². The SMILES string of the molecule is C=CCOCCCC[N+](C)(CCCNC(=O)CCCCCCCCCCC)CN1CCCC1=O. The summed E-state index contributed by atoms with van der Waals surface area (Å²) in [6.07, 6.45) is 18.6. The molecule has 1 unspecified atom stereocenters. The van der Waals surface area contributed by atoms with E-state index in [1.54, 1.807) is 6.08 Å². The van der Waals surface area contributed by atoms with Crippen LogP contribution >= 0.6 is 0 Å². The van der Waals surface area contributed by atoms with E-state index in [0.717, 1.165) is 82.5 Å². The fraction of sp³-hybridized carbons (Fsp3) is 0.857. The lowest BCUT2D eigenvalue weighted by Gasteiger charge is -2.38. The van der Waals surface area contributed by atoms with Gasteiger partial charge in [-0.15, -0.1) is 6.58 Å². The van der Waals surface area contributed by atoms with Crippen LogP contribution in [-0.4, -0.2) is 74.3 Å². The van der Waals surface area contributed by atoms with Gasteiger partial charge in [-0.1, -0.05) is 64.4 Å². The summed E-state index contributed by atoms with van der Waals surface area (Å²) >= 11 is 0. The molecule has 0 bridgehead atoms. The van der Waals surface area contributed by atoms with Gasteiger partial charge in [0.05, 0.1) is 26.7 Å². The minimum Gasteiger partial charge on any atom is -0.377 e. The maximum absolute atomic E-state index is 12.2. The Hall–Kier alpha value is -1.40. The number of carbonyl (C=O) groups is 2. The van der Waals surface area contributed by atoms with E-state index in [1.165, 1.54) is 44.9 Å². The summed E-state index contributed by atoms with van der Waals surface area (Å²) in [5.41, 5.74) is 0. The minimum absolute atomic E-state index is 0.186. The Bertz CT molecular complexity index is 555. The molecule has 6 heteroatoms. The maximum Gasteiger partial charge on any atom is 0.226 e. The van der Waals surface area contributed by atoms with Crippen LogP contribution in [0.15, 0.2) is 12.7 Å². The Morgan fingerprint density at radius 3 is 2.35 bits per heavy atom. The normalized spacial score (nSPS) is 15.5. The number of hydrogen-bond acceptors (Lipinski definition) is 3. The van der Waals surface area contributed by atoms with E-state index in [9.17, 15) is 9.59 Å². The van der Waals surface area contributed by atoms with Gasteiger partial charge in [-0.3, -0.25) is 14.5 Å². The smallest absolute Gasteiger partial charge is 0.226 e. The highest BCUT2D eigenvalue weighted by Crippen LogP contribution is 2.16. The van der Waals surface area contributed by atoms with Gasteiger partial charge < -0.3 is 14.5 Å². The van der Waals surface area contributed by atoms with Crippen LogP contribution in [0.2, 0.25) is 0 Å². The number of nitrogens with one attached hydrogen (secondary N) is 1. The number of likely N-dealkylation sites (tertiary alicyclic amines) is 1. The van der Waals surface area contributed by atoms with E-state index in [0.29, 0.717) is 19.4 Å².